The Morgan fingerprint density at radius 2 is 2.00 bits per heavy atom. The molecule has 0 aliphatic heterocycles. The van der Waals surface area contributed by atoms with Crippen molar-refractivity contribution >= 4 is 33.2 Å². The summed E-state index contributed by atoms with van der Waals surface area (Å²) in [6.45, 7) is 5.96. The summed E-state index contributed by atoms with van der Waals surface area (Å²) in [5, 5.41) is 3.13. The van der Waals surface area contributed by atoms with E-state index >= 15 is 0 Å². The van der Waals surface area contributed by atoms with Crippen molar-refractivity contribution in [3.8, 4) is 0 Å². The van der Waals surface area contributed by atoms with Gasteiger partial charge in [-0.15, -0.1) is 0 Å². The molecule has 0 bridgehead atoms. The van der Waals surface area contributed by atoms with E-state index in [4.69, 9.17) is 11.6 Å². The van der Waals surface area contributed by atoms with Gasteiger partial charge in [-0.2, -0.15) is 0 Å². The van der Waals surface area contributed by atoms with E-state index in [1.165, 1.54) is 0 Å². The molecule has 1 amide bonds. The summed E-state index contributed by atoms with van der Waals surface area (Å²) in [4.78, 5) is 11.9. The molecule has 0 aliphatic rings. The molecular weight excluding hydrogens is 312 g/mol. The van der Waals surface area contributed by atoms with Gasteiger partial charge in [0.05, 0.1) is 11.9 Å². The Bertz CT molecular complexity index is 615. The second-order valence-electron chi connectivity index (χ2n) is 5.40. The number of aryl methyl sites for hydroxylation is 1. The number of anilines is 1. The maximum absolute atomic E-state index is 12.0. The van der Waals surface area contributed by atoms with Gasteiger partial charge < -0.3 is 5.32 Å². The van der Waals surface area contributed by atoms with Crippen LogP contribution in [0.5, 0.6) is 0 Å². The summed E-state index contributed by atoms with van der Waals surface area (Å²) in [6.07, 6.45) is 1.07. The summed E-state index contributed by atoms with van der Waals surface area (Å²) < 4.78 is 25.0. The van der Waals surface area contributed by atoms with Gasteiger partial charge in [0.1, 0.15) is 6.54 Å². The Morgan fingerprint density at radius 3 is 2.52 bits per heavy atom. The topological polar surface area (TPSA) is 66.5 Å². The number of rotatable bonds is 6. The van der Waals surface area contributed by atoms with Crippen LogP contribution in [-0.4, -0.2) is 33.7 Å². The highest BCUT2D eigenvalue weighted by Crippen LogP contribution is 2.26. The zero-order valence-corrected chi connectivity index (χ0v) is 14.3. The van der Waals surface area contributed by atoms with Crippen LogP contribution in [0.4, 0.5) is 5.69 Å². The van der Waals surface area contributed by atoms with Crippen molar-refractivity contribution in [1.82, 2.24) is 5.32 Å². The monoisotopic (exact) mass is 332 g/mol. The lowest BCUT2D eigenvalue weighted by Gasteiger charge is -2.24. The van der Waals surface area contributed by atoms with E-state index in [1.807, 2.05) is 13.8 Å². The number of hydrogen-bond donors (Lipinski definition) is 1. The molecule has 1 rings (SSSR count). The Balaban J connectivity index is 3.03. The molecule has 0 saturated carbocycles. The Hall–Kier alpha value is -1.27. The van der Waals surface area contributed by atoms with Crippen LogP contribution in [0.3, 0.4) is 0 Å². The second-order valence-corrected chi connectivity index (χ2v) is 7.74. The first-order chi connectivity index (χ1) is 9.61. The smallest absolute Gasteiger partial charge is 0.240 e. The van der Waals surface area contributed by atoms with Crippen LogP contribution < -0.4 is 9.62 Å². The van der Waals surface area contributed by atoms with Gasteiger partial charge in [0, 0.05) is 11.6 Å². The van der Waals surface area contributed by atoms with E-state index in [0.29, 0.717) is 23.2 Å². The SMILES string of the molecule is Cc1ccc(Cl)cc1N(CC(=O)NCC(C)C)S(C)(=O)=O. The maximum atomic E-state index is 12.0. The Morgan fingerprint density at radius 1 is 1.38 bits per heavy atom. The average Bonchev–Trinajstić information content (AvgIpc) is 2.35. The van der Waals surface area contributed by atoms with Gasteiger partial charge in [-0.3, -0.25) is 9.10 Å². The number of nitrogens with zero attached hydrogens (tertiary/aromatic N) is 1. The summed E-state index contributed by atoms with van der Waals surface area (Å²) in [5.74, 6) is -0.0398. The van der Waals surface area contributed by atoms with E-state index in [0.717, 1.165) is 16.1 Å². The molecule has 0 spiro atoms. The number of carbonyl (C=O) groups excluding carboxylic acids is 1. The van der Waals surface area contributed by atoms with Crippen molar-refractivity contribution in [1.29, 1.82) is 0 Å². The van der Waals surface area contributed by atoms with Crippen molar-refractivity contribution < 1.29 is 13.2 Å². The third kappa shape index (κ3) is 5.55. The minimum absolute atomic E-state index is 0.257. The van der Waals surface area contributed by atoms with Crippen LogP contribution in [0.25, 0.3) is 0 Å². The minimum atomic E-state index is -3.58. The highest BCUT2D eigenvalue weighted by molar-refractivity contribution is 7.92. The molecule has 0 aromatic heterocycles. The Labute approximate surface area is 131 Å². The molecule has 5 nitrogen and oxygen atoms in total. The predicted molar refractivity (Wildman–Crippen MR) is 86.2 cm³/mol. The lowest BCUT2D eigenvalue weighted by atomic mass is 10.2. The number of hydrogen-bond acceptors (Lipinski definition) is 3. The predicted octanol–water partition coefficient (Wildman–Crippen LogP) is 2.19. The molecule has 0 heterocycles. The van der Waals surface area contributed by atoms with Gasteiger partial charge in [0.2, 0.25) is 15.9 Å². The molecule has 0 saturated heterocycles. The van der Waals surface area contributed by atoms with E-state index in [-0.39, 0.29) is 12.5 Å². The van der Waals surface area contributed by atoms with Gasteiger partial charge in [0.25, 0.3) is 0 Å². The van der Waals surface area contributed by atoms with E-state index in [9.17, 15) is 13.2 Å². The van der Waals surface area contributed by atoms with Crippen LogP contribution in [0.1, 0.15) is 19.4 Å². The van der Waals surface area contributed by atoms with Crippen LogP contribution in [0, 0.1) is 12.8 Å². The molecule has 0 unspecified atom stereocenters. The highest BCUT2D eigenvalue weighted by atomic mass is 35.5. The minimum Gasteiger partial charge on any atom is -0.354 e. The number of nitrogens with one attached hydrogen (secondary N) is 1. The number of sulfonamides is 1. The first-order valence-corrected chi connectivity index (χ1v) is 8.84. The van der Waals surface area contributed by atoms with Crippen molar-refractivity contribution in [2.45, 2.75) is 20.8 Å². The third-order valence-electron chi connectivity index (χ3n) is 2.83. The lowest BCUT2D eigenvalue weighted by Crippen LogP contribution is -2.41. The van der Waals surface area contributed by atoms with E-state index < -0.39 is 10.0 Å². The van der Waals surface area contributed by atoms with Crippen LogP contribution in [0.2, 0.25) is 5.02 Å². The largest absolute Gasteiger partial charge is 0.354 e. The zero-order valence-electron chi connectivity index (χ0n) is 12.7. The van der Waals surface area contributed by atoms with E-state index in [1.54, 1.807) is 25.1 Å². The van der Waals surface area contributed by atoms with Crippen molar-refractivity contribution in [3.05, 3.63) is 28.8 Å². The molecule has 1 aromatic carbocycles. The van der Waals surface area contributed by atoms with Crippen LogP contribution in [-0.2, 0) is 14.8 Å². The fourth-order valence-electron chi connectivity index (χ4n) is 1.74. The molecule has 0 aliphatic carbocycles. The summed E-state index contributed by atoms with van der Waals surface area (Å²) >= 11 is 5.93. The molecule has 1 N–H and O–H groups in total. The van der Waals surface area contributed by atoms with Gasteiger partial charge in [-0.25, -0.2) is 8.42 Å². The first kappa shape index (κ1) is 17.8. The van der Waals surface area contributed by atoms with Gasteiger partial charge >= 0.3 is 0 Å². The highest BCUT2D eigenvalue weighted by Gasteiger charge is 2.22. The molecule has 7 heteroatoms. The molecular formula is C14H21ClN2O3S. The fraction of sp³-hybridized carbons (Fsp3) is 0.500. The quantitative estimate of drug-likeness (QED) is 0.868. The maximum Gasteiger partial charge on any atom is 0.240 e. The molecule has 118 valence electrons. The fourth-order valence-corrected chi connectivity index (χ4v) is 2.81. The number of benzene rings is 1. The van der Waals surface area contributed by atoms with E-state index in [2.05, 4.69) is 5.32 Å². The van der Waals surface area contributed by atoms with Crippen molar-refractivity contribution in [3.63, 3.8) is 0 Å². The molecule has 0 atom stereocenters. The first-order valence-electron chi connectivity index (χ1n) is 6.62. The molecule has 0 radical (unpaired) electrons. The number of amides is 1. The van der Waals surface area contributed by atoms with Gasteiger partial charge in [-0.05, 0) is 30.5 Å². The average molecular weight is 333 g/mol. The summed E-state index contributed by atoms with van der Waals surface area (Å²) in [6, 6.07) is 4.95. The summed E-state index contributed by atoms with van der Waals surface area (Å²) in [7, 11) is -3.58. The van der Waals surface area contributed by atoms with Crippen LogP contribution >= 0.6 is 11.6 Å². The molecule has 0 fully saturated rings. The normalized spacial score (nSPS) is 11.5. The summed E-state index contributed by atoms with van der Waals surface area (Å²) in [5.41, 5.74) is 1.16. The molecule has 1 aromatic rings. The number of carbonyl (C=O) groups is 1. The Kier molecular flexibility index (Phi) is 6.04. The van der Waals surface area contributed by atoms with Crippen molar-refractivity contribution in [2.75, 3.05) is 23.7 Å². The molecule has 21 heavy (non-hydrogen) atoms. The van der Waals surface area contributed by atoms with Gasteiger partial charge in [0.15, 0.2) is 0 Å². The van der Waals surface area contributed by atoms with Crippen LogP contribution in [0.15, 0.2) is 18.2 Å². The third-order valence-corrected chi connectivity index (χ3v) is 4.20. The zero-order chi connectivity index (χ0) is 16.2. The van der Waals surface area contributed by atoms with Crippen molar-refractivity contribution in [2.24, 2.45) is 5.92 Å². The standard InChI is InChI=1S/C14H21ClN2O3S/c1-10(2)8-16-14(18)9-17(21(4,19)20)13-7-12(15)6-5-11(13)3/h5-7,10H,8-9H2,1-4H3,(H,16,18). The second kappa shape index (κ2) is 7.13. The number of halogens is 1. The van der Waals surface area contributed by atoms with Gasteiger partial charge in [-0.1, -0.05) is 31.5 Å². The lowest BCUT2D eigenvalue weighted by molar-refractivity contribution is -0.119.